The summed E-state index contributed by atoms with van der Waals surface area (Å²) in [6, 6.07) is 11.8. The molecule has 1 aromatic heterocycles. The maximum Gasteiger partial charge on any atom is 0.263 e. The Morgan fingerprint density at radius 3 is 2.48 bits per heavy atom. The first-order chi connectivity index (χ1) is 13.0. The number of thioether (sulfide) groups is 1. The van der Waals surface area contributed by atoms with Crippen molar-refractivity contribution in [1.82, 2.24) is 10.3 Å². The zero-order chi connectivity index (χ0) is 19.1. The van der Waals surface area contributed by atoms with Crippen LogP contribution in [-0.2, 0) is 14.8 Å². The van der Waals surface area contributed by atoms with Gasteiger partial charge in [0.25, 0.3) is 10.0 Å². The lowest BCUT2D eigenvalue weighted by Gasteiger charge is -2.22. The summed E-state index contributed by atoms with van der Waals surface area (Å²) in [5, 5.41) is 3.08. The van der Waals surface area contributed by atoms with Crippen molar-refractivity contribution in [3.8, 4) is 0 Å². The summed E-state index contributed by atoms with van der Waals surface area (Å²) < 4.78 is 27.2. The van der Waals surface area contributed by atoms with Crippen LogP contribution in [0.1, 0.15) is 32.1 Å². The molecule has 144 valence electrons. The van der Waals surface area contributed by atoms with Crippen LogP contribution in [0, 0.1) is 0 Å². The third-order valence-corrected chi connectivity index (χ3v) is 6.76. The summed E-state index contributed by atoms with van der Waals surface area (Å²) in [5.41, 5.74) is 0. The average molecular weight is 406 g/mol. The Morgan fingerprint density at radius 2 is 1.81 bits per heavy atom. The molecule has 1 heterocycles. The van der Waals surface area contributed by atoms with E-state index >= 15 is 0 Å². The van der Waals surface area contributed by atoms with Crippen molar-refractivity contribution in [2.45, 2.75) is 47.9 Å². The number of nitrogens with zero attached hydrogens (tertiary/aromatic N) is 1. The molecule has 1 aliphatic carbocycles. The Kier molecular flexibility index (Phi) is 6.73. The van der Waals surface area contributed by atoms with E-state index in [1.54, 1.807) is 30.3 Å². The Balaban J connectivity index is 1.53. The number of pyridine rings is 1. The van der Waals surface area contributed by atoms with Crippen LogP contribution in [0.4, 0.5) is 5.82 Å². The van der Waals surface area contributed by atoms with E-state index < -0.39 is 10.0 Å². The lowest BCUT2D eigenvalue weighted by molar-refractivity contribution is -0.119. The van der Waals surface area contributed by atoms with Gasteiger partial charge in [0, 0.05) is 17.1 Å². The van der Waals surface area contributed by atoms with Crippen LogP contribution in [0.25, 0.3) is 0 Å². The minimum Gasteiger partial charge on any atom is -0.353 e. The SMILES string of the molecule is O=C(CSc1ccc(S(=O)(=O)Nc2ccccn2)cc1)NC1CCCCC1. The van der Waals surface area contributed by atoms with Crippen LogP contribution in [0.5, 0.6) is 0 Å². The van der Waals surface area contributed by atoms with E-state index in [0.29, 0.717) is 11.8 Å². The number of aromatic nitrogens is 1. The van der Waals surface area contributed by atoms with Gasteiger partial charge in [-0.15, -0.1) is 11.8 Å². The first-order valence-electron chi connectivity index (χ1n) is 8.99. The number of rotatable bonds is 7. The molecule has 3 rings (SSSR count). The van der Waals surface area contributed by atoms with Crippen LogP contribution in [-0.4, -0.2) is 31.1 Å². The van der Waals surface area contributed by atoms with Crippen molar-refractivity contribution in [2.24, 2.45) is 0 Å². The highest BCUT2D eigenvalue weighted by Gasteiger charge is 2.17. The number of nitrogens with one attached hydrogen (secondary N) is 2. The Hall–Kier alpha value is -2.06. The highest BCUT2D eigenvalue weighted by atomic mass is 32.2. The minimum atomic E-state index is -3.68. The van der Waals surface area contributed by atoms with Gasteiger partial charge in [-0.3, -0.25) is 9.52 Å². The fourth-order valence-corrected chi connectivity index (χ4v) is 4.72. The first-order valence-corrected chi connectivity index (χ1v) is 11.5. The highest BCUT2D eigenvalue weighted by Crippen LogP contribution is 2.22. The molecule has 0 spiro atoms. The van der Waals surface area contributed by atoms with Gasteiger partial charge < -0.3 is 5.32 Å². The van der Waals surface area contributed by atoms with Crippen molar-refractivity contribution >= 4 is 33.5 Å². The number of anilines is 1. The van der Waals surface area contributed by atoms with Gasteiger partial charge >= 0.3 is 0 Å². The van der Waals surface area contributed by atoms with E-state index in [9.17, 15) is 13.2 Å². The van der Waals surface area contributed by atoms with Crippen molar-refractivity contribution < 1.29 is 13.2 Å². The quantitative estimate of drug-likeness (QED) is 0.689. The van der Waals surface area contributed by atoms with Crippen molar-refractivity contribution in [2.75, 3.05) is 10.5 Å². The molecule has 27 heavy (non-hydrogen) atoms. The molecule has 0 unspecified atom stereocenters. The molecule has 2 aromatic rings. The van der Waals surface area contributed by atoms with Crippen LogP contribution in [0.3, 0.4) is 0 Å². The monoisotopic (exact) mass is 405 g/mol. The van der Waals surface area contributed by atoms with E-state index in [1.165, 1.54) is 49.4 Å². The third kappa shape index (κ3) is 5.97. The Labute approximate surface area is 164 Å². The Morgan fingerprint density at radius 1 is 1.07 bits per heavy atom. The molecule has 1 saturated carbocycles. The van der Waals surface area contributed by atoms with Gasteiger partial charge in [0.1, 0.15) is 5.82 Å². The van der Waals surface area contributed by atoms with Gasteiger partial charge in [0.15, 0.2) is 0 Å². The first kappa shape index (κ1) is 19.7. The molecule has 0 bridgehead atoms. The molecule has 1 amide bonds. The van der Waals surface area contributed by atoms with Crippen LogP contribution < -0.4 is 10.0 Å². The summed E-state index contributed by atoms with van der Waals surface area (Å²) in [4.78, 5) is 17.0. The summed E-state index contributed by atoms with van der Waals surface area (Å²) >= 11 is 1.40. The second-order valence-electron chi connectivity index (χ2n) is 6.48. The molecule has 0 radical (unpaired) electrons. The minimum absolute atomic E-state index is 0.0282. The standard InChI is InChI=1S/C19H23N3O3S2/c23-19(21-15-6-2-1-3-7-15)14-26-16-9-11-17(12-10-16)27(24,25)22-18-8-4-5-13-20-18/h4-5,8-13,15H,1-3,6-7,14H2,(H,20,22)(H,21,23). The zero-order valence-corrected chi connectivity index (χ0v) is 16.6. The number of hydrogen-bond donors (Lipinski definition) is 2. The number of sulfonamides is 1. The maximum absolute atomic E-state index is 12.4. The molecule has 8 heteroatoms. The summed E-state index contributed by atoms with van der Waals surface area (Å²) in [5.74, 6) is 0.630. The number of carbonyl (C=O) groups is 1. The molecule has 2 N–H and O–H groups in total. The summed E-state index contributed by atoms with van der Waals surface area (Å²) in [7, 11) is -3.68. The molecule has 0 atom stereocenters. The molecular formula is C19H23N3O3S2. The van der Waals surface area contributed by atoms with E-state index in [-0.39, 0.29) is 16.6 Å². The van der Waals surface area contributed by atoms with E-state index in [1.807, 2.05) is 0 Å². The zero-order valence-electron chi connectivity index (χ0n) is 14.9. The van der Waals surface area contributed by atoms with Crippen LogP contribution in [0.15, 0.2) is 58.5 Å². The normalized spacial score (nSPS) is 15.3. The molecule has 6 nitrogen and oxygen atoms in total. The van der Waals surface area contributed by atoms with E-state index in [0.717, 1.165) is 17.7 Å². The van der Waals surface area contributed by atoms with Gasteiger partial charge in [0.2, 0.25) is 5.91 Å². The topological polar surface area (TPSA) is 88.2 Å². The fraction of sp³-hybridized carbons (Fsp3) is 0.368. The van der Waals surface area contributed by atoms with Crippen LogP contribution in [0.2, 0.25) is 0 Å². The van der Waals surface area contributed by atoms with Gasteiger partial charge in [-0.25, -0.2) is 13.4 Å². The van der Waals surface area contributed by atoms with Crippen molar-refractivity contribution in [3.05, 3.63) is 48.7 Å². The van der Waals surface area contributed by atoms with E-state index in [4.69, 9.17) is 0 Å². The highest BCUT2D eigenvalue weighted by molar-refractivity contribution is 8.00. The number of carbonyl (C=O) groups excluding carboxylic acids is 1. The molecule has 1 aromatic carbocycles. The third-order valence-electron chi connectivity index (χ3n) is 4.38. The molecule has 0 aliphatic heterocycles. The molecular weight excluding hydrogens is 382 g/mol. The average Bonchev–Trinajstić information content (AvgIpc) is 2.68. The largest absolute Gasteiger partial charge is 0.353 e. The summed E-state index contributed by atoms with van der Waals surface area (Å²) in [6.07, 6.45) is 7.27. The van der Waals surface area contributed by atoms with Gasteiger partial charge in [-0.1, -0.05) is 25.3 Å². The summed E-state index contributed by atoms with van der Waals surface area (Å²) in [6.45, 7) is 0. The Bertz CT molecular complexity index is 850. The lowest BCUT2D eigenvalue weighted by atomic mass is 9.95. The van der Waals surface area contributed by atoms with Crippen molar-refractivity contribution in [1.29, 1.82) is 0 Å². The van der Waals surface area contributed by atoms with Gasteiger partial charge in [-0.05, 0) is 49.2 Å². The molecule has 0 saturated heterocycles. The fourth-order valence-electron chi connectivity index (χ4n) is 3.00. The van der Waals surface area contributed by atoms with Crippen molar-refractivity contribution in [3.63, 3.8) is 0 Å². The second kappa shape index (κ2) is 9.23. The predicted molar refractivity (Wildman–Crippen MR) is 107 cm³/mol. The predicted octanol–water partition coefficient (Wildman–Crippen LogP) is 3.42. The maximum atomic E-state index is 12.4. The smallest absolute Gasteiger partial charge is 0.263 e. The number of benzene rings is 1. The van der Waals surface area contributed by atoms with Crippen LogP contribution >= 0.6 is 11.8 Å². The second-order valence-corrected chi connectivity index (χ2v) is 9.21. The number of amides is 1. The lowest BCUT2D eigenvalue weighted by Crippen LogP contribution is -2.37. The molecule has 1 aliphatic rings. The molecule has 1 fully saturated rings. The van der Waals surface area contributed by atoms with E-state index in [2.05, 4.69) is 15.0 Å². The van der Waals surface area contributed by atoms with Gasteiger partial charge in [-0.2, -0.15) is 0 Å². The number of hydrogen-bond acceptors (Lipinski definition) is 5. The van der Waals surface area contributed by atoms with Gasteiger partial charge in [0.05, 0.1) is 10.6 Å².